The molecule has 18 heavy (non-hydrogen) atoms. The molecule has 0 radical (unpaired) electrons. The summed E-state index contributed by atoms with van der Waals surface area (Å²) in [6.07, 6.45) is -0.823. The van der Waals surface area contributed by atoms with Crippen molar-refractivity contribution in [3.63, 3.8) is 0 Å². The Hall–Kier alpha value is -0.940. The molecule has 0 saturated carbocycles. The molecule has 4 nitrogen and oxygen atoms in total. The number of likely N-dealkylation sites (tertiary alicyclic amines) is 1. The SMILES string of the molecule is CN1C[C@H](CO)[C@@H](O)[C@H](OCc2ccccc2)C1. The fourth-order valence-corrected chi connectivity index (χ4v) is 2.40. The fraction of sp³-hybridized carbons (Fsp3) is 0.571. The summed E-state index contributed by atoms with van der Waals surface area (Å²) in [4.78, 5) is 2.09. The molecule has 4 heteroatoms. The lowest BCUT2D eigenvalue weighted by atomic mass is 9.93. The van der Waals surface area contributed by atoms with E-state index in [9.17, 15) is 10.2 Å². The largest absolute Gasteiger partial charge is 0.396 e. The number of aliphatic hydroxyl groups is 2. The van der Waals surface area contributed by atoms with Gasteiger partial charge in [0.2, 0.25) is 0 Å². The van der Waals surface area contributed by atoms with Crippen LogP contribution in [0.4, 0.5) is 0 Å². The molecule has 0 unspecified atom stereocenters. The number of piperidine rings is 1. The normalized spacial score (nSPS) is 29.4. The van der Waals surface area contributed by atoms with E-state index in [1.807, 2.05) is 37.4 Å². The molecule has 2 N–H and O–H groups in total. The van der Waals surface area contributed by atoms with Crippen molar-refractivity contribution in [3.8, 4) is 0 Å². The highest BCUT2D eigenvalue weighted by Crippen LogP contribution is 2.19. The number of likely N-dealkylation sites (N-methyl/N-ethyl adjacent to an activating group) is 1. The summed E-state index contributed by atoms with van der Waals surface area (Å²) in [7, 11) is 1.98. The van der Waals surface area contributed by atoms with Gasteiger partial charge in [0.05, 0.1) is 18.8 Å². The second-order valence-corrected chi connectivity index (χ2v) is 4.99. The Morgan fingerprint density at radius 3 is 2.67 bits per heavy atom. The highest BCUT2D eigenvalue weighted by Gasteiger charge is 2.34. The van der Waals surface area contributed by atoms with Crippen molar-refractivity contribution in [1.82, 2.24) is 4.90 Å². The van der Waals surface area contributed by atoms with Crippen LogP contribution in [-0.2, 0) is 11.3 Å². The smallest absolute Gasteiger partial charge is 0.0968 e. The molecule has 0 bridgehead atoms. The van der Waals surface area contributed by atoms with Crippen molar-refractivity contribution in [2.45, 2.75) is 18.8 Å². The number of rotatable bonds is 4. The van der Waals surface area contributed by atoms with E-state index >= 15 is 0 Å². The third kappa shape index (κ3) is 3.29. The van der Waals surface area contributed by atoms with Crippen LogP contribution in [0.1, 0.15) is 5.56 Å². The third-order valence-corrected chi connectivity index (χ3v) is 3.44. The van der Waals surface area contributed by atoms with Gasteiger partial charge in [-0.25, -0.2) is 0 Å². The minimum absolute atomic E-state index is 0.00327. The first-order chi connectivity index (χ1) is 8.70. The lowest BCUT2D eigenvalue weighted by molar-refractivity contribution is -0.116. The van der Waals surface area contributed by atoms with Gasteiger partial charge in [0.1, 0.15) is 0 Å². The Kier molecular flexibility index (Phi) is 4.72. The topological polar surface area (TPSA) is 52.9 Å². The van der Waals surface area contributed by atoms with Crippen LogP contribution in [0.15, 0.2) is 30.3 Å². The van der Waals surface area contributed by atoms with Crippen LogP contribution in [0.2, 0.25) is 0 Å². The molecule has 1 heterocycles. The lowest BCUT2D eigenvalue weighted by Crippen LogP contribution is -2.53. The third-order valence-electron chi connectivity index (χ3n) is 3.44. The molecule has 1 aromatic carbocycles. The minimum atomic E-state index is -0.588. The number of benzene rings is 1. The molecule has 1 aliphatic heterocycles. The van der Waals surface area contributed by atoms with Gasteiger partial charge in [-0.3, -0.25) is 0 Å². The van der Waals surface area contributed by atoms with Gasteiger partial charge in [-0.2, -0.15) is 0 Å². The van der Waals surface area contributed by atoms with E-state index in [0.29, 0.717) is 19.7 Å². The highest BCUT2D eigenvalue weighted by molar-refractivity contribution is 5.13. The fourth-order valence-electron chi connectivity index (χ4n) is 2.40. The van der Waals surface area contributed by atoms with E-state index in [4.69, 9.17) is 4.74 Å². The molecule has 0 spiro atoms. The van der Waals surface area contributed by atoms with Crippen molar-refractivity contribution < 1.29 is 14.9 Å². The summed E-state index contributed by atoms with van der Waals surface area (Å²) < 4.78 is 5.78. The quantitative estimate of drug-likeness (QED) is 0.817. The van der Waals surface area contributed by atoms with Crippen LogP contribution in [0, 0.1) is 5.92 Å². The first kappa shape index (κ1) is 13.5. The van der Waals surface area contributed by atoms with Crippen LogP contribution in [0.5, 0.6) is 0 Å². The van der Waals surface area contributed by atoms with E-state index in [0.717, 1.165) is 5.56 Å². The highest BCUT2D eigenvalue weighted by atomic mass is 16.5. The van der Waals surface area contributed by atoms with E-state index in [1.54, 1.807) is 0 Å². The summed E-state index contributed by atoms with van der Waals surface area (Å²) in [6.45, 7) is 1.90. The minimum Gasteiger partial charge on any atom is -0.396 e. The van der Waals surface area contributed by atoms with E-state index in [2.05, 4.69) is 4.90 Å². The summed E-state index contributed by atoms with van der Waals surface area (Å²) in [6, 6.07) is 9.91. The average molecular weight is 251 g/mol. The van der Waals surface area contributed by atoms with Crippen molar-refractivity contribution in [2.24, 2.45) is 5.92 Å². The Morgan fingerprint density at radius 2 is 2.00 bits per heavy atom. The first-order valence-electron chi connectivity index (χ1n) is 6.33. The summed E-state index contributed by atoms with van der Waals surface area (Å²) in [5.41, 5.74) is 1.10. The average Bonchev–Trinajstić information content (AvgIpc) is 2.40. The predicted molar refractivity (Wildman–Crippen MR) is 69.1 cm³/mol. The molecule has 0 amide bonds. The van der Waals surface area contributed by atoms with Crippen LogP contribution in [0.25, 0.3) is 0 Å². The summed E-state index contributed by atoms with van der Waals surface area (Å²) >= 11 is 0. The van der Waals surface area contributed by atoms with Gasteiger partial charge in [-0.1, -0.05) is 30.3 Å². The van der Waals surface area contributed by atoms with Crippen molar-refractivity contribution >= 4 is 0 Å². The van der Waals surface area contributed by atoms with Crippen LogP contribution in [0.3, 0.4) is 0 Å². The van der Waals surface area contributed by atoms with Crippen LogP contribution >= 0.6 is 0 Å². The monoisotopic (exact) mass is 251 g/mol. The van der Waals surface area contributed by atoms with Gasteiger partial charge < -0.3 is 19.8 Å². The van der Waals surface area contributed by atoms with E-state index < -0.39 is 6.10 Å². The van der Waals surface area contributed by atoms with Crippen molar-refractivity contribution in [1.29, 1.82) is 0 Å². The number of aliphatic hydroxyl groups excluding tert-OH is 2. The maximum atomic E-state index is 10.1. The van der Waals surface area contributed by atoms with Crippen LogP contribution in [-0.4, -0.2) is 54.1 Å². The summed E-state index contributed by atoms with van der Waals surface area (Å²) in [5.74, 6) is -0.121. The molecular formula is C14H21NO3. The Bertz CT molecular complexity index is 357. The molecular weight excluding hydrogens is 230 g/mol. The Labute approximate surface area is 108 Å². The zero-order chi connectivity index (χ0) is 13.0. The van der Waals surface area contributed by atoms with Gasteiger partial charge in [-0.05, 0) is 12.6 Å². The number of hydrogen-bond acceptors (Lipinski definition) is 4. The van der Waals surface area contributed by atoms with Gasteiger partial charge in [0.25, 0.3) is 0 Å². The molecule has 1 saturated heterocycles. The van der Waals surface area contributed by atoms with Gasteiger partial charge >= 0.3 is 0 Å². The second kappa shape index (κ2) is 6.29. The standard InChI is InChI=1S/C14H21NO3/c1-15-7-12(9-16)14(17)13(8-15)18-10-11-5-3-2-4-6-11/h2-6,12-14,16-17H,7-10H2,1H3/t12-,13-,14-/m1/s1. The van der Waals surface area contributed by atoms with Gasteiger partial charge in [0, 0.05) is 25.6 Å². The van der Waals surface area contributed by atoms with E-state index in [1.165, 1.54) is 0 Å². The van der Waals surface area contributed by atoms with Gasteiger partial charge in [-0.15, -0.1) is 0 Å². The molecule has 0 aliphatic carbocycles. The molecule has 100 valence electrons. The number of nitrogens with zero attached hydrogens (tertiary/aromatic N) is 1. The van der Waals surface area contributed by atoms with Gasteiger partial charge in [0.15, 0.2) is 0 Å². The molecule has 1 aromatic rings. The summed E-state index contributed by atoms with van der Waals surface area (Å²) in [5, 5.41) is 19.4. The Morgan fingerprint density at radius 1 is 1.28 bits per heavy atom. The number of hydrogen-bond donors (Lipinski definition) is 2. The van der Waals surface area contributed by atoms with E-state index in [-0.39, 0.29) is 18.6 Å². The van der Waals surface area contributed by atoms with Crippen LogP contribution < -0.4 is 0 Å². The van der Waals surface area contributed by atoms with Crippen molar-refractivity contribution in [2.75, 3.05) is 26.7 Å². The second-order valence-electron chi connectivity index (χ2n) is 4.99. The first-order valence-corrected chi connectivity index (χ1v) is 6.33. The zero-order valence-corrected chi connectivity index (χ0v) is 10.7. The maximum Gasteiger partial charge on any atom is 0.0968 e. The Balaban J connectivity index is 1.91. The number of ether oxygens (including phenoxy) is 1. The lowest BCUT2D eigenvalue weighted by Gasteiger charge is -2.38. The zero-order valence-electron chi connectivity index (χ0n) is 10.7. The maximum absolute atomic E-state index is 10.1. The predicted octanol–water partition coefficient (Wildman–Crippen LogP) is 0.487. The van der Waals surface area contributed by atoms with Crippen molar-refractivity contribution in [3.05, 3.63) is 35.9 Å². The molecule has 3 atom stereocenters. The molecule has 1 aliphatic rings. The molecule has 0 aromatic heterocycles. The molecule has 1 fully saturated rings. The molecule has 2 rings (SSSR count).